The Hall–Kier alpha value is -2.16. The average Bonchev–Trinajstić information content (AvgIpc) is 3.06. The summed E-state index contributed by atoms with van der Waals surface area (Å²) in [6, 6.07) is 23.3. The van der Waals surface area contributed by atoms with Crippen LogP contribution in [-0.4, -0.2) is 0 Å². The molecule has 0 aliphatic heterocycles. The highest BCUT2D eigenvalue weighted by atomic mass is 32.1. The fourth-order valence-corrected chi connectivity index (χ4v) is 3.73. The van der Waals surface area contributed by atoms with E-state index in [1.54, 1.807) is 11.3 Å². The average molecular weight is 289 g/mol. The molecule has 3 aromatic carbocycles. The molecular weight excluding hydrogens is 274 g/mol. The highest BCUT2D eigenvalue weighted by molar-refractivity contribution is 7.10. The number of rotatable bonds is 2. The summed E-state index contributed by atoms with van der Waals surface area (Å²) >= 11 is 1.72. The van der Waals surface area contributed by atoms with Crippen LogP contribution in [0.5, 0.6) is 0 Å². The van der Waals surface area contributed by atoms with Crippen LogP contribution >= 0.6 is 11.3 Å². The predicted octanol–water partition coefficient (Wildman–Crippen LogP) is 5.10. The topological polar surface area (TPSA) is 26.0 Å². The van der Waals surface area contributed by atoms with E-state index in [4.69, 9.17) is 5.73 Å². The first kappa shape index (κ1) is 12.6. The van der Waals surface area contributed by atoms with E-state index in [0.717, 1.165) is 0 Å². The van der Waals surface area contributed by atoms with Gasteiger partial charge in [0.25, 0.3) is 0 Å². The van der Waals surface area contributed by atoms with Gasteiger partial charge >= 0.3 is 0 Å². The maximum absolute atomic E-state index is 6.60. The molecule has 2 heteroatoms. The van der Waals surface area contributed by atoms with Crippen LogP contribution < -0.4 is 5.73 Å². The monoisotopic (exact) mass is 289 g/mol. The number of hydrogen-bond donors (Lipinski definition) is 1. The summed E-state index contributed by atoms with van der Waals surface area (Å²) in [5, 5.41) is 7.08. The van der Waals surface area contributed by atoms with Crippen molar-refractivity contribution in [1.82, 2.24) is 0 Å². The summed E-state index contributed by atoms with van der Waals surface area (Å²) in [7, 11) is 0. The van der Waals surface area contributed by atoms with Gasteiger partial charge < -0.3 is 5.73 Å². The second-order valence-electron chi connectivity index (χ2n) is 5.23. The van der Waals surface area contributed by atoms with E-state index in [9.17, 15) is 0 Å². The molecule has 0 spiro atoms. The first-order valence-corrected chi connectivity index (χ1v) is 7.92. The summed E-state index contributed by atoms with van der Waals surface area (Å²) in [4.78, 5) is 1.21. The Morgan fingerprint density at radius 1 is 0.762 bits per heavy atom. The zero-order valence-electron chi connectivity index (χ0n) is 11.5. The van der Waals surface area contributed by atoms with E-state index in [1.807, 2.05) is 0 Å². The van der Waals surface area contributed by atoms with Gasteiger partial charge in [-0.15, -0.1) is 11.3 Å². The third-order valence-electron chi connectivity index (χ3n) is 3.97. The fraction of sp³-hybridized carbons (Fsp3) is 0.0526. The molecule has 2 N–H and O–H groups in total. The lowest BCUT2D eigenvalue weighted by molar-refractivity contribution is 0.913. The fourth-order valence-electron chi connectivity index (χ4n) is 2.99. The number of hydrogen-bond acceptors (Lipinski definition) is 2. The zero-order chi connectivity index (χ0) is 14.2. The molecule has 21 heavy (non-hydrogen) atoms. The molecule has 1 aromatic heterocycles. The molecular formula is C19H15NS. The van der Waals surface area contributed by atoms with E-state index in [0.29, 0.717) is 0 Å². The van der Waals surface area contributed by atoms with Crippen LogP contribution in [0.3, 0.4) is 0 Å². The van der Waals surface area contributed by atoms with Gasteiger partial charge in [0.15, 0.2) is 0 Å². The van der Waals surface area contributed by atoms with Crippen LogP contribution in [0.15, 0.2) is 72.1 Å². The SMILES string of the molecule is N[C@@H](c1cccs1)c1c2ccccc2cc2ccccc12. The molecule has 0 fully saturated rings. The Balaban J connectivity index is 2.11. The van der Waals surface area contributed by atoms with Crippen molar-refractivity contribution in [3.63, 3.8) is 0 Å². The third-order valence-corrected chi connectivity index (χ3v) is 4.93. The van der Waals surface area contributed by atoms with Crippen molar-refractivity contribution in [3.8, 4) is 0 Å². The molecule has 4 rings (SSSR count). The van der Waals surface area contributed by atoms with Gasteiger partial charge in [0.2, 0.25) is 0 Å². The predicted molar refractivity (Wildman–Crippen MR) is 91.8 cm³/mol. The number of benzene rings is 3. The third kappa shape index (κ3) is 2.04. The second kappa shape index (κ2) is 4.99. The quantitative estimate of drug-likeness (QED) is 0.510. The highest BCUT2D eigenvalue weighted by Gasteiger charge is 2.16. The molecule has 0 bridgehead atoms. The van der Waals surface area contributed by atoms with Crippen molar-refractivity contribution in [3.05, 3.63) is 82.6 Å². The van der Waals surface area contributed by atoms with Gasteiger partial charge in [0.05, 0.1) is 6.04 Å². The Morgan fingerprint density at radius 2 is 1.38 bits per heavy atom. The van der Waals surface area contributed by atoms with Crippen molar-refractivity contribution in [1.29, 1.82) is 0 Å². The second-order valence-corrected chi connectivity index (χ2v) is 6.20. The minimum Gasteiger partial charge on any atom is -0.320 e. The van der Waals surface area contributed by atoms with E-state index >= 15 is 0 Å². The summed E-state index contributed by atoms with van der Waals surface area (Å²) < 4.78 is 0. The van der Waals surface area contributed by atoms with Crippen LogP contribution in [0.4, 0.5) is 0 Å². The van der Waals surface area contributed by atoms with Crippen molar-refractivity contribution >= 4 is 32.9 Å². The molecule has 4 aromatic rings. The van der Waals surface area contributed by atoms with Crippen LogP contribution in [0.2, 0.25) is 0 Å². The van der Waals surface area contributed by atoms with Crippen molar-refractivity contribution in [2.24, 2.45) is 5.73 Å². The lowest BCUT2D eigenvalue weighted by Gasteiger charge is -2.17. The Labute approximate surface area is 127 Å². The van der Waals surface area contributed by atoms with Crippen LogP contribution in [0, 0.1) is 0 Å². The van der Waals surface area contributed by atoms with Gasteiger partial charge in [-0.25, -0.2) is 0 Å². The van der Waals surface area contributed by atoms with Gasteiger partial charge in [-0.1, -0.05) is 54.6 Å². The van der Waals surface area contributed by atoms with Gasteiger partial charge in [-0.05, 0) is 44.6 Å². The molecule has 0 radical (unpaired) electrons. The zero-order valence-corrected chi connectivity index (χ0v) is 12.3. The molecule has 1 atom stereocenters. The normalized spacial score (nSPS) is 12.8. The summed E-state index contributed by atoms with van der Waals surface area (Å²) in [5.74, 6) is 0. The lowest BCUT2D eigenvalue weighted by atomic mass is 9.92. The lowest BCUT2D eigenvalue weighted by Crippen LogP contribution is -2.11. The minimum absolute atomic E-state index is 0.0824. The maximum Gasteiger partial charge on any atom is 0.0658 e. The van der Waals surface area contributed by atoms with Crippen molar-refractivity contribution < 1.29 is 0 Å². The molecule has 1 nitrogen and oxygen atoms in total. The van der Waals surface area contributed by atoms with Crippen LogP contribution in [0.1, 0.15) is 16.5 Å². The number of nitrogens with two attached hydrogens (primary N) is 1. The van der Waals surface area contributed by atoms with E-state index in [1.165, 1.54) is 32.0 Å². The molecule has 102 valence electrons. The molecule has 0 saturated carbocycles. The van der Waals surface area contributed by atoms with Gasteiger partial charge in [-0.3, -0.25) is 0 Å². The Bertz CT molecular complexity index is 855. The van der Waals surface area contributed by atoms with Crippen molar-refractivity contribution in [2.75, 3.05) is 0 Å². The Kier molecular flexibility index (Phi) is 2.99. The molecule has 0 unspecified atom stereocenters. The number of thiophene rings is 1. The van der Waals surface area contributed by atoms with Gasteiger partial charge in [-0.2, -0.15) is 0 Å². The van der Waals surface area contributed by atoms with Crippen LogP contribution in [0.25, 0.3) is 21.5 Å². The standard InChI is InChI=1S/C19H15NS/c20-19(17-10-5-11-21-17)18-15-8-3-1-6-13(15)12-14-7-2-4-9-16(14)18/h1-12,19H,20H2/t19-/m0/s1. The first-order chi connectivity index (χ1) is 10.3. The van der Waals surface area contributed by atoms with Gasteiger partial charge in [0.1, 0.15) is 0 Å². The summed E-state index contributed by atoms with van der Waals surface area (Å²) in [6.45, 7) is 0. The summed E-state index contributed by atoms with van der Waals surface area (Å²) in [5.41, 5.74) is 7.83. The molecule has 0 aliphatic rings. The van der Waals surface area contributed by atoms with Crippen molar-refractivity contribution in [2.45, 2.75) is 6.04 Å². The van der Waals surface area contributed by atoms with E-state index in [-0.39, 0.29) is 6.04 Å². The smallest absolute Gasteiger partial charge is 0.0658 e. The molecule has 0 amide bonds. The maximum atomic E-state index is 6.60. The van der Waals surface area contributed by atoms with Gasteiger partial charge in [0, 0.05) is 4.88 Å². The highest BCUT2D eigenvalue weighted by Crippen LogP contribution is 2.35. The Morgan fingerprint density at radius 3 is 1.95 bits per heavy atom. The molecule has 0 aliphatic carbocycles. The molecule has 1 heterocycles. The van der Waals surface area contributed by atoms with E-state index in [2.05, 4.69) is 72.1 Å². The largest absolute Gasteiger partial charge is 0.320 e. The molecule has 0 saturated heterocycles. The van der Waals surface area contributed by atoms with Crippen LogP contribution in [-0.2, 0) is 0 Å². The minimum atomic E-state index is -0.0824. The number of fused-ring (bicyclic) bond motifs is 2. The first-order valence-electron chi connectivity index (χ1n) is 7.04. The summed E-state index contributed by atoms with van der Waals surface area (Å²) in [6.07, 6.45) is 0. The van der Waals surface area contributed by atoms with E-state index < -0.39 is 0 Å².